The van der Waals surface area contributed by atoms with Crippen molar-refractivity contribution in [2.45, 2.75) is 43.9 Å². The van der Waals surface area contributed by atoms with E-state index in [1.54, 1.807) is 36.4 Å². The number of thioether (sulfide) groups is 1. The maximum atomic E-state index is 13.0. The van der Waals surface area contributed by atoms with Crippen molar-refractivity contribution >= 4 is 40.5 Å². The van der Waals surface area contributed by atoms with Crippen molar-refractivity contribution in [2.24, 2.45) is 5.73 Å². The number of furan rings is 1. The molecule has 4 N–H and O–H groups in total. The molecule has 0 aliphatic heterocycles. The predicted octanol–water partition coefficient (Wildman–Crippen LogP) is 2.15. The van der Waals surface area contributed by atoms with E-state index >= 15 is 0 Å². The number of imide groups is 1. The molecule has 4 amide bonds. The van der Waals surface area contributed by atoms with Crippen LogP contribution in [-0.4, -0.2) is 33.1 Å². The Labute approximate surface area is 193 Å². The van der Waals surface area contributed by atoms with Crippen molar-refractivity contribution in [3.8, 4) is 0 Å². The van der Waals surface area contributed by atoms with E-state index in [4.69, 9.17) is 10.2 Å². The van der Waals surface area contributed by atoms with Crippen molar-refractivity contribution in [1.29, 1.82) is 0 Å². The number of hydrogen-bond acceptors (Lipinski definition) is 7. The number of carbonyl (C=O) groups excluding carboxylic acids is 3. The summed E-state index contributed by atoms with van der Waals surface area (Å²) in [5, 5.41) is 5.65. The van der Waals surface area contributed by atoms with E-state index in [0.29, 0.717) is 47.6 Å². The van der Waals surface area contributed by atoms with Gasteiger partial charge in [-0.2, -0.15) is 0 Å². The highest BCUT2D eigenvalue weighted by Gasteiger charge is 2.14. The summed E-state index contributed by atoms with van der Waals surface area (Å²) >= 11 is 1.08. The first-order valence-electron chi connectivity index (χ1n) is 10.4. The van der Waals surface area contributed by atoms with Gasteiger partial charge in [0.2, 0.25) is 11.8 Å². The fraction of sp³-hybridized carbons (Fsp3) is 0.318. The number of urea groups is 1. The number of nitrogens with zero attached hydrogens (tertiary/aromatic N) is 2. The molecule has 10 nitrogen and oxygen atoms in total. The van der Waals surface area contributed by atoms with Crippen molar-refractivity contribution < 1.29 is 18.8 Å². The molecular formula is C22H25N5O5S. The number of benzene rings is 1. The van der Waals surface area contributed by atoms with E-state index < -0.39 is 11.9 Å². The molecule has 0 saturated carbocycles. The van der Waals surface area contributed by atoms with Crippen LogP contribution in [0, 0.1) is 0 Å². The van der Waals surface area contributed by atoms with E-state index in [0.717, 1.165) is 18.2 Å². The molecular weight excluding hydrogens is 446 g/mol. The monoisotopic (exact) mass is 471 g/mol. The number of hydrogen-bond donors (Lipinski definition) is 3. The average Bonchev–Trinajstić information content (AvgIpc) is 3.31. The molecule has 33 heavy (non-hydrogen) atoms. The number of fused-ring (bicyclic) bond motifs is 1. The fourth-order valence-electron chi connectivity index (χ4n) is 3.12. The predicted molar refractivity (Wildman–Crippen MR) is 123 cm³/mol. The molecule has 0 spiro atoms. The fourth-order valence-corrected chi connectivity index (χ4v) is 3.94. The molecule has 1 aromatic carbocycles. The van der Waals surface area contributed by atoms with Crippen LogP contribution >= 0.6 is 11.8 Å². The van der Waals surface area contributed by atoms with E-state index in [1.165, 1.54) is 10.8 Å². The highest BCUT2D eigenvalue weighted by atomic mass is 32.2. The summed E-state index contributed by atoms with van der Waals surface area (Å²) < 4.78 is 6.65. The zero-order valence-electron chi connectivity index (χ0n) is 17.9. The highest BCUT2D eigenvalue weighted by Crippen LogP contribution is 2.18. The summed E-state index contributed by atoms with van der Waals surface area (Å²) in [7, 11) is 0. The molecule has 2 aromatic heterocycles. The number of amides is 4. The largest absolute Gasteiger partial charge is 0.467 e. The van der Waals surface area contributed by atoms with Gasteiger partial charge in [-0.1, -0.05) is 30.3 Å². The van der Waals surface area contributed by atoms with Gasteiger partial charge >= 0.3 is 6.03 Å². The van der Waals surface area contributed by atoms with Gasteiger partial charge < -0.3 is 15.5 Å². The molecule has 0 fully saturated rings. The van der Waals surface area contributed by atoms with Gasteiger partial charge in [0.1, 0.15) is 5.76 Å². The Kier molecular flexibility index (Phi) is 8.64. The topological polar surface area (TPSA) is 149 Å². The summed E-state index contributed by atoms with van der Waals surface area (Å²) in [6.07, 6.45) is 3.81. The van der Waals surface area contributed by atoms with Crippen LogP contribution in [0.1, 0.15) is 31.4 Å². The number of nitrogens with one attached hydrogen (secondary N) is 2. The molecule has 3 rings (SSSR count). The van der Waals surface area contributed by atoms with Gasteiger partial charge in [-0.25, -0.2) is 9.78 Å². The molecule has 11 heteroatoms. The number of unbranched alkanes of at least 4 members (excludes halogenated alkanes) is 2. The maximum Gasteiger partial charge on any atom is 0.321 e. The molecule has 0 bridgehead atoms. The number of nitrogens with two attached hydrogens (primary N) is 1. The summed E-state index contributed by atoms with van der Waals surface area (Å²) in [5.41, 5.74) is 5.50. The number of carbonyl (C=O) groups is 3. The zero-order chi connectivity index (χ0) is 23.6. The Balaban J connectivity index is 1.62. The van der Waals surface area contributed by atoms with Gasteiger partial charge in [-0.15, -0.1) is 0 Å². The van der Waals surface area contributed by atoms with Gasteiger partial charge in [0.15, 0.2) is 5.16 Å². The van der Waals surface area contributed by atoms with E-state index in [2.05, 4.69) is 15.6 Å². The van der Waals surface area contributed by atoms with Crippen molar-refractivity contribution in [1.82, 2.24) is 20.2 Å². The molecule has 0 unspecified atom stereocenters. The van der Waals surface area contributed by atoms with Gasteiger partial charge in [-0.05, 0) is 37.1 Å². The van der Waals surface area contributed by atoms with Crippen LogP contribution in [0.3, 0.4) is 0 Å². The molecule has 0 radical (unpaired) electrons. The maximum absolute atomic E-state index is 13.0. The van der Waals surface area contributed by atoms with Gasteiger partial charge in [0, 0.05) is 13.0 Å². The smallest absolute Gasteiger partial charge is 0.321 e. The molecule has 0 aliphatic carbocycles. The Morgan fingerprint density at radius 3 is 2.67 bits per heavy atom. The second-order valence-electron chi connectivity index (χ2n) is 7.24. The first-order valence-corrected chi connectivity index (χ1v) is 11.4. The van der Waals surface area contributed by atoms with Crippen LogP contribution in [0.15, 0.2) is 57.0 Å². The number of rotatable bonds is 11. The Morgan fingerprint density at radius 2 is 1.91 bits per heavy atom. The minimum atomic E-state index is -0.643. The average molecular weight is 472 g/mol. The lowest BCUT2D eigenvalue weighted by Crippen LogP contribution is -2.40. The Bertz CT molecular complexity index is 1180. The summed E-state index contributed by atoms with van der Waals surface area (Å²) in [4.78, 5) is 52.6. The summed E-state index contributed by atoms with van der Waals surface area (Å²) in [6.45, 7) is 0.545. The van der Waals surface area contributed by atoms with Crippen molar-refractivity contribution in [3.05, 3.63) is 58.8 Å². The summed E-state index contributed by atoms with van der Waals surface area (Å²) in [6, 6.07) is 9.76. The molecule has 2 heterocycles. The van der Waals surface area contributed by atoms with Crippen LogP contribution in [0.25, 0.3) is 10.9 Å². The quantitative estimate of drug-likeness (QED) is 0.220. The standard InChI is InChI=1S/C22H25N5O5S/c23-18(28)10-2-1-5-11-27-20(30)16-8-3-4-9-17(16)25-22(27)33-14-19(29)26-21(31)24-13-15-7-6-12-32-15/h3-4,6-9,12H,1-2,5,10-11,13-14H2,(H2,23,28)(H2,24,26,29,31). The Hall–Kier alpha value is -3.60. The highest BCUT2D eigenvalue weighted by molar-refractivity contribution is 7.99. The third-order valence-electron chi connectivity index (χ3n) is 4.72. The van der Waals surface area contributed by atoms with Crippen LogP contribution in [0.5, 0.6) is 0 Å². The number of primary amides is 1. The van der Waals surface area contributed by atoms with E-state index in [9.17, 15) is 19.2 Å². The molecule has 0 saturated heterocycles. The van der Waals surface area contributed by atoms with Crippen LogP contribution in [-0.2, 0) is 22.7 Å². The van der Waals surface area contributed by atoms with Gasteiger partial charge in [0.25, 0.3) is 5.56 Å². The SMILES string of the molecule is NC(=O)CCCCCn1c(SCC(=O)NC(=O)NCc2ccco2)nc2ccccc2c1=O. The molecule has 174 valence electrons. The third-order valence-corrected chi connectivity index (χ3v) is 5.70. The van der Waals surface area contributed by atoms with Crippen molar-refractivity contribution in [2.75, 3.05) is 5.75 Å². The molecule has 0 aliphatic rings. The van der Waals surface area contributed by atoms with Gasteiger partial charge in [0.05, 0.1) is 29.5 Å². The third kappa shape index (κ3) is 7.21. The zero-order valence-corrected chi connectivity index (χ0v) is 18.7. The molecule has 3 aromatic rings. The number of aromatic nitrogens is 2. The van der Waals surface area contributed by atoms with E-state index in [-0.39, 0.29) is 23.8 Å². The van der Waals surface area contributed by atoms with Gasteiger partial charge in [-0.3, -0.25) is 24.3 Å². The van der Waals surface area contributed by atoms with Crippen LogP contribution in [0.4, 0.5) is 4.79 Å². The second kappa shape index (κ2) is 11.9. The minimum Gasteiger partial charge on any atom is -0.467 e. The minimum absolute atomic E-state index is 0.0966. The lowest BCUT2D eigenvalue weighted by molar-refractivity contribution is -0.118. The summed E-state index contributed by atoms with van der Waals surface area (Å²) in [5.74, 6) is -0.407. The lowest BCUT2D eigenvalue weighted by atomic mass is 10.2. The molecule has 0 atom stereocenters. The number of para-hydroxylation sites is 1. The second-order valence-corrected chi connectivity index (χ2v) is 8.19. The van der Waals surface area contributed by atoms with Crippen molar-refractivity contribution in [3.63, 3.8) is 0 Å². The normalized spacial score (nSPS) is 10.8. The lowest BCUT2D eigenvalue weighted by Gasteiger charge is -2.13. The first kappa shape index (κ1) is 24.1. The Morgan fingerprint density at radius 1 is 1.09 bits per heavy atom. The first-order chi connectivity index (χ1) is 15.9. The van der Waals surface area contributed by atoms with Crippen LogP contribution in [0.2, 0.25) is 0 Å². The van der Waals surface area contributed by atoms with Crippen LogP contribution < -0.4 is 21.9 Å². The van der Waals surface area contributed by atoms with E-state index in [1.807, 2.05) is 0 Å².